The SMILES string of the molecule is O=c1cc2c(nn1CC1CCCN1c1nccs1)CCSC2. The Morgan fingerprint density at radius 3 is 3.23 bits per heavy atom. The molecule has 2 aliphatic rings. The molecule has 0 amide bonds. The Balaban J connectivity index is 1.59. The fourth-order valence-corrected chi connectivity index (χ4v) is 4.91. The molecule has 116 valence electrons. The van der Waals surface area contributed by atoms with E-state index in [0.29, 0.717) is 12.6 Å². The molecule has 1 fully saturated rings. The van der Waals surface area contributed by atoms with E-state index in [4.69, 9.17) is 0 Å². The van der Waals surface area contributed by atoms with Crippen LogP contribution in [0.4, 0.5) is 5.13 Å². The van der Waals surface area contributed by atoms with Crippen LogP contribution >= 0.6 is 23.1 Å². The van der Waals surface area contributed by atoms with E-state index in [1.54, 1.807) is 22.1 Å². The first-order chi connectivity index (χ1) is 10.8. The Morgan fingerprint density at radius 2 is 2.36 bits per heavy atom. The fraction of sp³-hybridized carbons (Fsp3) is 0.533. The van der Waals surface area contributed by atoms with Gasteiger partial charge < -0.3 is 4.90 Å². The Kier molecular flexibility index (Phi) is 3.92. The summed E-state index contributed by atoms with van der Waals surface area (Å²) >= 11 is 3.55. The molecule has 0 aromatic carbocycles. The quantitative estimate of drug-likeness (QED) is 0.861. The average Bonchev–Trinajstić information content (AvgIpc) is 3.18. The molecule has 2 aliphatic heterocycles. The number of hydrogen-bond acceptors (Lipinski definition) is 6. The number of fused-ring (bicyclic) bond motifs is 1. The number of aryl methyl sites for hydroxylation is 1. The molecule has 0 saturated carbocycles. The van der Waals surface area contributed by atoms with Crippen LogP contribution in [0.2, 0.25) is 0 Å². The Hall–Kier alpha value is -1.34. The van der Waals surface area contributed by atoms with Crippen LogP contribution in [-0.2, 0) is 18.7 Å². The van der Waals surface area contributed by atoms with Crippen LogP contribution in [0.1, 0.15) is 24.1 Å². The van der Waals surface area contributed by atoms with Gasteiger partial charge in [-0.05, 0) is 24.2 Å². The Morgan fingerprint density at radius 1 is 1.41 bits per heavy atom. The minimum absolute atomic E-state index is 0.0345. The number of nitrogens with zero attached hydrogens (tertiary/aromatic N) is 4. The monoisotopic (exact) mass is 334 g/mol. The minimum atomic E-state index is 0.0345. The molecule has 2 aromatic rings. The van der Waals surface area contributed by atoms with Gasteiger partial charge in [0, 0.05) is 36.4 Å². The first-order valence-electron chi connectivity index (χ1n) is 7.65. The Labute approximate surface area is 137 Å². The van der Waals surface area contributed by atoms with Crippen molar-refractivity contribution >= 4 is 28.2 Å². The number of thioether (sulfide) groups is 1. The van der Waals surface area contributed by atoms with Gasteiger partial charge in [-0.25, -0.2) is 9.67 Å². The summed E-state index contributed by atoms with van der Waals surface area (Å²) in [4.78, 5) is 19.1. The second-order valence-electron chi connectivity index (χ2n) is 5.74. The zero-order valence-electron chi connectivity index (χ0n) is 12.3. The largest absolute Gasteiger partial charge is 0.343 e. The maximum Gasteiger partial charge on any atom is 0.267 e. The molecule has 1 saturated heterocycles. The van der Waals surface area contributed by atoms with E-state index >= 15 is 0 Å². The number of hydrogen-bond donors (Lipinski definition) is 0. The van der Waals surface area contributed by atoms with Crippen molar-refractivity contribution in [2.24, 2.45) is 0 Å². The van der Waals surface area contributed by atoms with Crippen LogP contribution in [0.25, 0.3) is 0 Å². The normalized spacial score (nSPS) is 21.1. The predicted molar refractivity (Wildman–Crippen MR) is 90.8 cm³/mol. The van der Waals surface area contributed by atoms with Crippen molar-refractivity contribution in [2.75, 3.05) is 17.2 Å². The molecule has 4 rings (SSSR count). The van der Waals surface area contributed by atoms with Crippen LogP contribution in [0.5, 0.6) is 0 Å². The molecule has 2 aromatic heterocycles. The van der Waals surface area contributed by atoms with Gasteiger partial charge in [0.15, 0.2) is 5.13 Å². The van der Waals surface area contributed by atoms with Crippen LogP contribution in [0, 0.1) is 0 Å². The van der Waals surface area contributed by atoms with Crippen LogP contribution in [0.3, 0.4) is 0 Å². The van der Waals surface area contributed by atoms with Gasteiger partial charge in [0.25, 0.3) is 5.56 Å². The predicted octanol–water partition coefficient (Wildman–Crippen LogP) is 2.16. The van der Waals surface area contributed by atoms with E-state index in [1.165, 1.54) is 0 Å². The standard InChI is InChI=1S/C15H18N4OS2/c20-14-8-11-10-21-6-3-13(11)17-19(14)9-12-2-1-5-18(12)15-16-4-7-22-15/h4,7-8,12H,1-3,5-6,9-10H2. The summed E-state index contributed by atoms with van der Waals surface area (Å²) < 4.78 is 1.67. The fourth-order valence-electron chi connectivity index (χ4n) is 3.22. The zero-order valence-corrected chi connectivity index (χ0v) is 13.9. The molecular weight excluding hydrogens is 316 g/mol. The molecule has 4 heterocycles. The summed E-state index contributed by atoms with van der Waals surface area (Å²) in [5.74, 6) is 2.03. The molecule has 5 nitrogen and oxygen atoms in total. The lowest BCUT2D eigenvalue weighted by atomic mass is 10.2. The second kappa shape index (κ2) is 6.04. The van der Waals surface area contributed by atoms with Crippen molar-refractivity contribution in [1.29, 1.82) is 0 Å². The highest BCUT2D eigenvalue weighted by atomic mass is 32.2. The van der Waals surface area contributed by atoms with Gasteiger partial charge in [-0.3, -0.25) is 4.79 Å². The van der Waals surface area contributed by atoms with Crippen molar-refractivity contribution in [1.82, 2.24) is 14.8 Å². The van der Waals surface area contributed by atoms with Gasteiger partial charge >= 0.3 is 0 Å². The van der Waals surface area contributed by atoms with Gasteiger partial charge in [-0.1, -0.05) is 0 Å². The smallest absolute Gasteiger partial charge is 0.267 e. The Bertz CT molecular complexity index is 713. The molecule has 1 atom stereocenters. The third-order valence-electron chi connectivity index (χ3n) is 4.33. The van der Waals surface area contributed by atoms with E-state index < -0.39 is 0 Å². The lowest BCUT2D eigenvalue weighted by Gasteiger charge is -2.25. The highest BCUT2D eigenvalue weighted by Crippen LogP contribution is 2.28. The third-order valence-corrected chi connectivity index (χ3v) is 6.15. The first kappa shape index (κ1) is 14.3. The highest BCUT2D eigenvalue weighted by molar-refractivity contribution is 7.98. The lowest BCUT2D eigenvalue weighted by molar-refractivity contribution is 0.481. The van der Waals surface area contributed by atoms with Crippen molar-refractivity contribution in [2.45, 2.75) is 37.6 Å². The van der Waals surface area contributed by atoms with E-state index in [1.807, 2.05) is 23.3 Å². The zero-order chi connectivity index (χ0) is 14.9. The summed E-state index contributed by atoms with van der Waals surface area (Å²) in [6.45, 7) is 1.69. The second-order valence-corrected chi connectivity index (χ2v) is 7.72. The summed E-state index contributed by atoms with van der Waals surface area (Å²) in [5, 5.41) is 7.70. The van der Waals surface area contributed by atoms with Gasteiger partial charge in [0.05, 0.1) is 18.3 Å². The van der Waals surface area contributed by atoms with Gasteiger partial charge in [0.2, 0.25) is 0 Å². The molecule has 0 aliphatic carbocycles. The summed E-state index contributed by atoms with van der Waals surface area (Å²) in [6.07, 6.45) is 5.07. The highest BCUT2D eigenvalue weighted by Gasteiger charge is 2.27. The summed E-state index contributed by atoms with van der Waals surface area (Å²) in [6, 6.07) is 2.12. The van der Waals surface area contributed by atoms with Gasteiger partial charge in [-0.15, -0.1) is 11.3 Å². The molecule has 7 heteroatoms. The summed E-state index contributed by atoms with van der Waals surface area (Å²) in [5.41, 5.74) is 2.27. The van der Waals surface area contributed by atoms with Crippen molar-refractivity contribution < 1.29 is 0 Å². The van der Waals surface area contributed by atoms with Crippen molar-refractivity contribution in [3.8, 4) is 0 Å². The van der Waals surface area contributed by atoms with Crippen LogP contribution in [0.15, 0.2) is 22.4 Å². The summed E-state index contributed by atoms with van der Waals surface area (Å²) in [7, 11) is 0. The van der Waals surface area contributed by atoms with Gasteiger partial charge in [0.1, 0.15) is 0 Å². The topological polar surface area (TPSA) is 51.0 Å². The molecule has 0 N–H and O–H groups in total. The maximum absolute atomic E-state index is 12.3. The van der Waals surface area contributed by atoms with Crippen LogP contribution in [-0.4, -0.2) is 33.1 Å². The molecule has 1 unspecified atom stereocenters. The number of rotatable bonds is 3. The molecular formula is C15H18N4OS2. The van der Waals surface area contributed by atoms with E-state index in [-0.39, 0.29) is 5.56 Å². The van der Waals surface area contributed by atoms with Crippen LogP contribution < -0.4 is 10.5 Å². The average molecular weight is 334 g/mol. The first-order valence-corrected chi connectivity index (χ1v) is 9.68. The van der Waals surface area contributed by atoms with Crippen molar-refractivity contribution in [3.05, 3.63) is 39.3 Å². The van der Waals surface area contributed by atoms with E-state index in [0.717, 1.165) is 53.7 Å². The van der Waals surface area contributed by atoms with Gasteiger partial charge in [-0.2, -0.15) is 16.9 Å². The molecule has 0 bridgehead atoms. The molecule has 22 heavy (non-hydrogen) atoms. The number of aromatic nitrogens is 3. The molecule has 0 radical (unpaired) electrons. The molecule has 0 spiro atoms. The maximum atomic E-state index is 12.3. The lowest BCUT2D eigenvalue weighted by Crippen LogP contribution is -2.37. The number of thiazole rings is 1. The van der Waals surface area contributed by atoms with Crippen molar-refractivity contribution in [3.63, 3.8) is 0 Å². The minimum Gasteiger partial charge on any atom is -0.343 e. The number of anilines is 1. The van der Waals surface area contributed by atoms with E-state index in [9.17, 15) is 4.79 Å². The third kappa shape index (κ3) is 2.67. The van der Waals surface area contributed by atoms with E-state index in [2.05, 4.69) is 15.0 Å².